The average molecular weight is 421 g/mol. The van der Waals surface area contributed by atoms with Crippen molar-refractivity contribution in [3.63, 3.8) is 0 Å². The van der Waals surface area contributed by atoms with E-state index >= 15 is 0 Å². The van der Waals surface area contributed by atoms with Gasteiger partial charge in [0, 0.05) is 42.4 Å². The van der Waals surface area contributed by atoms with E-state index < -0.39 is 0 Å². The van der Waals surface area contributed by atoms with Crippen molar-refractivity contribution in [2.24, 2.45) is 7.05 Å². The number of hydrogen-bond acceptors (Lipinski definition) is 9. The van der Waals surface area contributed by atoms with Crippen LogP contribution >= 0.6 is 0 Å². The molecule has 0 aliphatic heterocycles. The minimum atomic E-state index is 0.212. The molecule has 0 saturated carbocycles. The molecule has 5 aromatic rings. The second-order valence-corrected chi connectivity index (χ2v) is 6.95. The third kappa shape index (κ3) is 3.29. The van der Waals surface area contributed by atoms with Crippen LogP contribution in [0.25, 0.3) is 28.1 Å². The monoisotopic (exact) mass is 421 g/mol. The number of nitrogens with zero attached hydrogens (tertiary/aromatic N) is 7. The van der Waals surface area contributed by atoms with Crippen molar-refractivity contribution in [1.29, 1.82) is 0 Å². The zero-order valence-electron chi connectivity index (χ0n) is 17.4. The van der Waals surface area contributed by atoms with Crippen molar-refractivity contribution < 1.29 is 18.7 Å². The van der Waals surface area contributed by atoms with Crippen LogP contribution in [0.5, 0.6) is 17.4 Å². The summed E-state index contributed by atoms with van der Waals surface area (Å²) < 4.78 is 25.4. The Morgan fingerprint density at radius 1 is 1.00 bits per heavy atom. The van der Waals surface area contributed by atoms with Crippen molar-refractivity contribution in [3.05, 3.63) is 41.8 Å². The van der Waals surface area contributed by atoms with Crippen LogP contribution in [-0.2, 0) is 13.7 Å². The van der Waals surface area contributed by atoms with Gasteiger partial charge in [-0.1, -0.05) is 5.16 Å². The van der Waals surface area contributed by atoms with E-state index in [2.05, 4.69) is 25.6 Å². The van der Waals surface area contributed by atoms with Crippen LogP contribution in [0.3, 0.4) is 0 Å². The topological polar surface area (TPSA) is 115 Å². The van der Waals surface area contributed by atoms with Gasteiger partial charge in [0.05, 0.1) is 19.7 Å². The van der Waals surface area contributed by atoms with E-state index in [4.69, 9.17) is 18.7 Å². The number of methoxy groups -OCH3 is 2. The lowest BCUT2D eigenvalue weighted by atomic mass is 10.1. The molecule has 0 unspecified atom stereocenters. The molecule has 0 aliphatic carbocycles. The molecule has 4 heterocycles. The molecule has 158 valence electrons. The summed E-state index contributed by atoms with van der Waals surface area (Å²) in [5, 5.41) is 22.2. The van der Waals surface area contributed by atoms with E-state index in [9.17, 15) is 0 Å². The van der Waals surface area contributed by atoms with Gasteiger partial charge in [0.1, 0.15) is 18.1 Å². The molecule has 0 N–H and O–H groups in total. The molecule has 0 saturated heterocycles. The standard InChI is InChI=1S/C20H19N7O4/c1-11-5-15(25-31-11)19-22-21-18-8-17(29-4)20(24-27(18)19)30-10-13-6-12-9-26(2)23-14(12)7-16(13)28-3/h5-9H,10H2,1-4H3. The predicted octanol–water partition coefficient (Wildman–Crippen LogP) is 2.57. The van der Waals surface area contributed by atoms with Crippen LogP contribution in [0, 0.1) is 6.92 Å². The molecular weight excluding hydrogens is 402 g/mol. The molecule has 5 rings (SSSR count). The fourth-order valence-electron chi connectivity index (χ4n) is 3.35. The van der Waals surface area contributed by atoms with Gasteiger partial charge < -0.3 is 18.7 Å². The fourth-order valence-corrected chi connectivity index (χ4v) is 3.35. The highest BCUT2D eigenvalue weighted by Gasteiger charge is 2.18. The fraction of sp³-hybridized carbons (Fsp3) is 0.250. The molecule has 11 heteroatoms. The SMILES string of the molecule is COc1cc2nn(C)cc2cc1COc1nn2c(-c3cc(C)on3)nnc2cc1OC. The molecule has 31 heavy (non-hydrogen) atoms. The molecule has 0 amide bonds. The van der Waals surface area contributed by atoms with Gasteiger partial charge in [-0.3, -0.25) is 4.68 Å². The van der Waals surface area contributed by atoms with Crippen molar-refractivity contribution in [3.8, 4) is 28.9 Å². The van der Waals surface area contributed by atoms with Crippen molar-refractivity contribution in [1.82, 2.24) is 34.7 Å². The van der Waals surface area contributed by atoms with Gasteiger partial charge in [-0.15, -0.1) is 15.3 Å². The second-order valence-electron chi connectivity index (χ2n) is 6.95. The van der Waals surface area contributed by atoms with Gasteiger partial charge in [0.25, 0.3) is 5.88 Å². The Hall–Kier alpha value is -4.15. The summed E-state index contributed by atoms with van der Waals surface area (Å²) in [5.41, 5.74) is 2.71. The van der Waals surface area contributed by atoms with Gasteiger partial charge >= 0.3 is 0 Å². The molecule has 0 radical (unpaired) electrons. The molecule has 4 aromatic heterocycles. The lowest BCUT2D eigenvalue weighted by Crippen LogP contribution is -2.05. The Balaban J connectivity index is 1.52. The summed E-state index contributed by atoms with van der Waals surface area (Å²) >= 11 is 0. The number of fused-ring (bicyclic) bond motifs is 2. The maximum absolute atomic E-state index is 6.02. The summed E-state index contributed by atoms with van der Waals surface area (Å²) in [4.78, 5) is 0. The first-order valence-corrected chi connectivity index (χ1v) is 9.43. The van der Waals surface area contributed by atoms with Gasteiger partial charge in [0.15, 0.2) is 17.1 Å². The Labute approximate surface area is 176 Å². The molecule has 0 fully saturated rings. The predicted molar refractivity (Wildman–Crippen MR) is 109 cm³/mol. The third-order valence-electron chi connectivity index (χ3n) is 4.79. The lowest BCUT2D eigenvalue weighted by Gasteiger charge is -2.12. The normalized spacial score (nSPS) is 11.4. The van der Waals surface area contributed by atoms with Crippen LogP contribution in [0.1, 0.15) is 11.3 Å². The van der Waals surface area contributed by atoms with Gasteiger partial charge in [-0.25, -0.2) is 0 Å². The summed E-state index contributed by atoms with van der Waals surface area (Å²) in [5.74, 6) is 2.49. The molecule has 11 nitrogen and oxygen atoms in total. The quantitative estimate of drug-likeness (QED) is 0.408. The number of benzene rings is 1. The van der Waals surface area contributed by atoms with E-state index in [0.717, 1.165) is 16.5 Å². The lowest BCUT2D eigenvalue weighted by molar-refractivity contribution is 0.262. The van der Waals surface area contributed by atoms with Crippen molar-refractivity contribution >= 4 is 16.6 Å². The Morgan fingerprint density at radius 3 is 2.58 bits per heavy atom. The maximum atomic E-state index is 6.02. The third-order valence-corrected chi connectivity index (χ3v) is 4.79. The maximum Gasteiger partial charge on any atom is 0.275 e. The highest BCUT2D eigenvalue weighted by molar-refractivity contribution is 5.81. The molecule has 0 bridgehead atoms. The smallest absolute Gasteiger partial charge is 0.275 e. The molecular formula is C20H19N7O4. The van der Waals surface area contributed by atoms with Gasteiger partial charge in [-0.05, 0) is 13.0 Å². The summed E-state index contributed by atoms with van der Waals surface area (Å²) in [6, 6.07) is 7.32. The summed E-state index contributed by atoms with van der Waals surface area (Å²) in [6.45, 7) is 2.01. The van der Waals surface area contributed by atoms with E-state index in [0.29, 0.717) is 34.4 Å². The zero-order valence-corrected chi connectivity index (χ0v) is 17.4. The first kappa shape index (κ1) is 18.9. The largest absolute Gasteiger partial charge is 0.496 e. The summed E-state index contributed by atoms with van der Waals surface area (Å²) in [7, 11) is 5.03. The van der Waals surface area contributed by atoms with Crippen LogP contribution in [0.4, 0.5) is 0 Å². The number of aromatic nitrogens is 7. The number of hydrogen-bond donors (Lipinski definition) is 0. The first-order chi connectivity index (χ1) is 15.1. The molecule has 0 atom stereocenters. The Bertz CT molecular complexity index is 1400. The minimum absolute atomic E-state index is 0.212. The highest BCUT2D eigenvalue weighted by Crippen LogP contribution is 2.30. The van der Waals surface area contributed by atoms with Crippen LogP contribution in [-0.4, -0.2) is 49.0 Å². The van der Waals surface area contributed by atoms with Crippen molar-refractivity contribution in [2.75, 3.05) is 14.2 Å². The number of rotatable bonds is 6. The zero-order chi connectivity index (χ0) is 21.5. The molecule has 0 spiro atoms. The first-order valence-electron chi connectivity index (χ1n) is 9.43. The molecule has 1 aromatic carbocycles. The van der Waals surface area contributed by atoms with Crippen LogP contribution < -0.4 is 14.2 Å². The van der Waals surface area contributed by atoms with Gasteiger partial charge in [-0.2, -0.15) is 9.61 Å². The Kier molecular flexibility index (Phi) is 4.42. The minimum Gasteiger partial charge on any atom is -0.496 e. The Morgan fingerprint density at radius 2 is 1.84 bits per heavy atom. The van der Waals surface area contributed by atoms with Crippen molar-refractivity contribution in [2.45, 2.75) is 13.5 Å². The van der Waals surface area contributed by atoms with Crippen LogP contribution in [0.2, 0.25) is 0 Å². The number of ether oxygens (including phenoxy) is 3. The summed E-state index contributed by atoms with van der Waals surface area (Å²) in [6.07, 6.45) is 1.94. The second kappa shape index (κ2) is 7.27. The van der Waals surface area contributed by atoms with E-state index in [-0.39, 0.29) is 12.5 Å². The van der Waals surface area contributed by atoms with E-state index in [1.54, 1.807) is 38.0 Å². The number of aryl methyl sites for hydroxylation is 2. The van der Waals surface area contributed by atoms with E-state index in [1.165, 1.54) is 4.52 Å². The molecule has 0 aliphatic rings. The average Bonchev–Trinajstić information content (AvgIpc) is 3.47. The van der Waals surface area contributed by atoms with Crippen LogP contribution in [0.15, 0.2) is 35.0 Å². The van der Waals surface area contributed by atoms with Gasteiger partial charge in [0.2, 0.25) is 5.82 Å². The highest BCUT2D eigenvalue weighted by atomic mass is 16.5. The van der Waals surface area contributed by atoms with E-state index in [1.807, 2.05) is 25.4 Å².